The molecule has 1 aromatic heterocycles. The molecule has 0 saturated carbocycles. The molecule has 3 atom stereocenters. The fraction of sp³-hybridized carbons (Fsp3) is 0.381. The van der Waals surface area contributed by atoms with Gasteiger partial charge in [0, 0.05) is 56.0 Å². The summed E-state index contributed by atoms with van der Waals surface area (Å²) in [6, 6.07) is 14.9. The van der Waals surface area contributed by atoms with Crippen molar-refractivity contribution in [3.05, 3.63) is 59.9 Å². The number of carbonyl (C=O) groups excluding carboxylic acids is 1. The molecule has 2 aromatic rings. The minimum absolute atomic E-state index is 0.185. The van der Waals surface area contributed by atoms with Crippen LogP contribution in [0.25, 0.3) is 0 Å². The molecule has 1 amide bonds. The van der Waals surface area contributed by atoms with E-state index in [9.17, 15) is 4.79 Å². The lowest BCUT2D eigenvalue weighted by Crippen LogP contribution is -2.34. The van der Waals surface area contributed by atoms with Gasteiger partial charge in [-0.15, -0.1) is 0 Å². The normalized spacial score (nSPS) is 23.4. The molecule has 27 heavy (non-hydrogen) atoms. The average molecular weight is 367 g/mol. The summed E-state index contributed by atoms with van der Waals surface area (Å²) < 4.78 is 0. The molecule has 4 rings (SSSR count). The minimum atomic E-state index is -0.250. The van der Waals surface area contributed by atoms with Crippen molar-refractivity contribution in [1.82, 2.24) is 9.88 Å². The lowest BCUT2D eigenvalue weighted by Gasteiger charge is -2.29. The monoisotopic (exact) mass is 367 g/mol. The summed E-state index contributed by atoms with van der Waals surface area (Å²) in [6.45, 7) is 6.35. The first-order valence-corrected chi connectivity index (χ1v) is 9.12. The first-order chi connectivity index (χ1) is 13.0. The number of aromatic nitrogens is 1. The fourth-order valence-corrected chi connectivity index (χ4v) is 4.38. The smallest absolute Gasteiger partial charge is 0.290 e. The van der Waals surface area contributed by atoms with Gasteiger partial charge in [-0.3, -0.25) is 14.6 Å². The van der Waals surface area contributed by atoms with Gasteiger partial charge in [-0.1, -0.05) is 30.3 Å². The molecular weight excluding hydrogens is 342 g/mol. The first-order valence-electron chi connectivity index (χ1n) is 9.12. The van der Waals surface area contributed by atoms with Gasteiger partial charge in [0.2, 0.25) is 5.91 Å². The Hall–Kier alpha value is -2.89. The zero-order valence-electron chi connectivity index (χ0n) is 15.7. The summed E-state index contributed by atoms with van der Waals surface area (Å²) >= 11 is 0. The van der Waals surface area contributed by atoms with E-state index in [1.807, 2.05) is 19.2 Å². The molecule has 142 valence electrons. The van der Waals surface area contributed by atoms with Gasteiger partial charge in [0.25, 0.3) is 6.47 Å². The van der Waals surface area contributed by atoms with Crippen LogP contribution in [0.5, 0.6) is 0 Å². The topological polar surface area (TPSA) is 73.7 Å². The molecule has 1 aromatic carbocycles. The van der Waals surface area contributed by atoms with E-state index in [1.165, 1.54) is 11.3 Å². The lowest BCUT2D eigenvalue weighted by molar-refractivity contribution is -0.130. The van der Waals surface area contributed by atoms with E-state index in [2.05, 4.69) is 51.2 Å². The van der Waals surface area contributed by atoms with E-state index < -0.39 is 0 Å². The van der Waals surface area contributed by atoms with Gasteiger partial charge in [-0.05, 0) is 24.6 Å². The van der Waals surface area contributed by atoms with Crippen LogP contribution in [0, 0.1) is 18.8 Å². The second kappa shape index (κ2) is 8.20. The summed E-state index contributed by atoms with van der Waals surface area (Å²) in [5.74, 6) is 1.21. The quantitative estimate of drug-likeness (QED) is 0.826. The summed E-state index contributed by atoms with van der Waals surface area (Å²) in [7, 11) is 0. The molecule has 0 spiro atoms. The predicted molar refractivity (Wildman–Crippen MR) is 103 cm³/mol. The van der Waals surface area contributed by atoms with Gasteiger partial charge >= 0.3 is 0 Å². The van der Waals surface area contributed by atoms with Crippen LogP contribution in [0.15, 0.2) is 48.7 Å². The minimum Gasteiger partial charge on any atom is -0.483 e. The number of pyridine rings is 1. The van der Waals surface area contributed by atoms with Gasteiger partial charge in [-0.2, -0.15) is 0 Å². The maximum absolute atomic E-state index is 12.2. The van der Waals surface area contributed by atoms with Crippen LogP contribution in [0.2, 0.25) is 0 Å². The van der Waals surface area contributed by atoms with Gasteiger partial charge < -0.3 is 14.9 Å². The highest BCUT2D eigenvalue weighted by atomic mass is 16.3. The van der Waals surface area contributed by atoms with Gasteiger partial charge in [-0.25, -0.2) is 0 Å². The number of carboxylic acid groups (broad SMARTS) is 1. The van der Waals surface area contributed by atoms with E-state index in [-0.39, 0.29) is 18.4 Å². The molecule has 2 saturated heterocycles. The molecule has 0 unspecified atom stereocenters. The fourth-order valence-electron chi connectivity index (χ4n) is 4.38. The first kappa shape index (κ1) is 18.9. The molecule has 0 bridgehead atoms. The number of carbonyl (C=O) groups is 2. The van der Waals surface area contributed by atoms with E-state index in [1.54, 1.807) is 6.92 Å². The van der Waals surface area contributed by atoms with Crippen LogP contribution >= 0.6 is 0 Å². The van der Waals surface area contributed by atoms with Gasteiger partial charge in [0.05, 0.1) is 6.04 Å². The van der Waals surface area contributed by atoms with Crippen LogP contribution in [0.1, 0.15) is 24.2 Å². The number of anilines is 1. The van der Waals surface area contributed by atoms with Crippen molar-refractivity contribution in [2.45, 2.75) is 19.9 Å². The van der Waals surface area contributed by atoms with Crippen LogP contribution in [-0.2, 0) is 9.59 Å². The summed E-state index contributed by atoms with van der Waals surface area (Å²) in [4.78, 5) is 29.3. The van der Waals surface area contributed by atoms with Crippen molar-refractivity contribution < 1.29 is 14.7 Å². The molecular formula is C21H25N3O3. The molecule has 3 heterocycles. The predicted octanol–water partition coefficient (Wildman–Crippen LogP) is 2.75. The number of rotatable bonds is 2. The van der Waals surface area contributed by atoms with E-state index in [4.69, 9.17) is 9.90 Å². The molecule has 2 fully saturated rings. The highest BCUT2D eigenvalue weighted by Gasteiger charge is 2.48. The Labute approximate surface area is 159 Å². The molecule has 0 aliphatic carbocycles. The Bertz CT molecular complexity index is 796. The number of likely N-dealkylation sites (tertiary alicyclic amines) is 1. The van der Waals surface area contributed by atoms with Crippen molar-refractivity contribution in [2.75, 3.05) is 24.5 Å². The SMILES string of the molecule is CC(=O)N1C[C@H]2CN(c3ccnc(C)c3)C[C@H]2[C@H]1c1ccccc1.O=CO. The molecule has 6 nitrogen and oxygen atoms in total. The number of benzene rings is 1. The largest absolute Gasteiger partial charge is 0.483 e. The van der Waals surface area contributed by atoms with Crippen molar-refractivity contribution in [1.29, 1.82) is 0 Å². The number of hydrogen-bond acceptors (Lipinski definition) is 4. The third kappa shape index (κ3) is 3.94. The standard InChI is InChI=1S/C20H23N3O.CH2O2/c1-14-10-18(8-9-21-14)22-11-17-12-23(15(2)24)20(19(17)13-22)16-6-4-3-5-7-16;2-1-3/h3-10,17,19-20H,11-13H2,1-2H3;1H,(H,2,3)/t17-,19-,20-;/m1./s1. The van der Waals surface area contributed by atoms with Crippen molar-refractivity contribution >= 4 is 18.1 Å². The van der Waals surface area contributed by atoms with Crippen LogP contribution in [0.4, 0.5) is 5.69 Å². The molecule has 2 aliphatic rings. The van der Waals surface area contributed by atoms with Crippen LogP contribution < -0.4 is 4.90 Å². The Kier molecular flexibility index (Phi) is 5.74. The Balaban J connectivity index is 0.000000659. The molecule has 1 N–H and O–H groups in total. The maximum Gasteiger partial charge on any atom is 0.290 e. The molecule has 2 aliphatic heterocycles. The number of amides is 1. The second-order valence-electron chi connectivity index (χ2n) is 7.12. The summed E-state index contributed by atoms with van der Waals surface area (Å²) in [6.07, 6.45) is 1.88. The lowest BCUT2D eigenvalue weighted by atomic mass is 9.89. The van der Waals surface area contributed by atoms with Crippen LogP contribution in [-0.4, -0.2) is 47.0 Å². The highest BCUT2D eigenvalue weighted by Crippen LogP contribution is 2.45. The summed E-state index contributed by atoms with van der Waals surface area (Å²) in [5.41, 5.74) is 3.56. The third-order valence-electron chi connectivity index (χ3n) is 5.46. The highest BCUT2D eigenvalue weighted by molar-refractivity contribution is 5.74. The summed E-state index contributed by atoms with van der Waals surface area (Å²) in [5, 5.41) is 6.89. The maximum atomic E-state index is 12.2. The van der Waals surface area contributed by atoms with Crippen molar-refractivity contribution in [3.8, 4) is 0 Å². The second-order valence-corrected chi connectivity index (χ2v) is 7.12. The Morgan fingerprint density at radius 1 is 1.19 bits per heavy atom. The number of aryl methyl sites for hydroxylation is 1. The van der Waals surface area contributed by atoms with E-state index in [0.29, 0.717) is 11.8 Å². The van der Waals surface area contributed by atoms with Gasteiger partial charge in [0.1, 0.15) is 0 Å². The van der Waals surface area contributed by atoms with Crippen molar-refractivity contribution in [3.63, 3.8) is 0 Å². The number of fused-ring (bicyclic) bond motifs is 1. The number of nitrogens with zero attached hydrogens (tertiary/aromatic N) is 3. The van der Waals surface area contributed by atoms with E-state index >= 15 is 0 Å². The van der Waals surface area contributed by atoms with Gasteiger partial charge in [0.15, 0.2) is 0 Å². The third-order valence-corrected chi connectivity index (χ3v) is 5.46. The zero-order valence-corrected chi connectivity index (χ0v) is 15.7. The van der Waals surface area contributed by atoms with E-state index in [0.717, 1.165) is 25.3 Å². The van der Waals surface area contributed by atoms with Crippen molar-refractivity contribution in [2.24, 2.45) is 11.8 Å². The Morgan fingerprint density at radius 3 is 2.52 bits per heavy atom. The average Bonchev–Trinajstić information content (AvgIpc) is 3.21. The Morgan fingerprint density at radius 2 is 1.89 bits per heavy atom. The molecule has 6 heteroatoms. The zero-order chi connectivity index (χ0) is 19.4. The number of hydrogen-bond donors (Lipinski definition) is 1. The molecule has 0 radical (unpaired) electrons. The van der Waals surface area contributed by atoms with Crippen LogP contribution in [0.3, 0.4) is 0 Å².